The number of carbonyl (C=O) groups excluding carboxylic acids is 1. The van der Waals surface area contributed by atoms with Crippen molar-refractivity contribution in [2.45, 2.75) is 75.4 Å². The predicted molar refractivity (Wildman–Crippen MR) is 93.3 cm³/mol. The first-order chi connectivity index (χ1) is 10.9. The summed E-state index contributed by atoms with van der Waals surface area (Å²) in [6, 6.07) is 6.84. The van der Waals surface area contributed by atoms with Gasteiger partial charge in [0, 0.05) is 6.42 Å². The number of aryl methyl sites for hydroxylation is 1. The van der Waals surface area contributed by atoms with Gasteiger partial charge in [-0.1, -0.05) is 56.7 Å². The SMILES string of the molecule is CCC(=O)C(CCC1CCCCC1)S(=O)(=O)c1ccc(C)cc1. The van der Waals surface area contributed by atoms with Crippen LogP contribution < -0.4 is 0 Å². The number of hydrogen-bond donors (Lipinski definition) is 0. The molecule has 0 radical (unpaired) electrons. The van der Waals surface area contributed by atoms with Gasteiger partial charge in [-0.3, -0.25) is 4.79 Å². The minimum atomic E-state index is -3.58. The van der Waals surface area contributed by atoms with Crippen molar-refractivity contribution >= 4 is 15.6 Å². The smallest absolute Gasteiger partial charge is 0.188 e. The fraction of sp³-hybridized carbons (Fsp3) is 0.632. The normalized spacial score (nSPS) is 17.8. The molecule has 1 aromatic rings. The van der Waals surface area contributed by atoms with Crippen molar-refractivity contribution in [3.05, 3.63) is 29.8 Å². The molecule has 1 fully saturated rings. The molecule has 0 saturated heterocycles. The Kier molecular flexibility index (Phi) is 6.40. The zero-order valence-corrected chi connectivity index (χ0v) is 15.1. The molecule has 1 aliphatic rings. The lowest BCUT2D eigenvalue weighted by atomic mass is 9.85. The Bertz CT molecular complexity index is 611. The zero-order chi connectivity index (χ0) is 16.9. The molecular formula is C19H28O3S. The number of hydrogen-bond acceptors (Lipinski definition) is 3. The number of Topliss-reactive ketones (excluding diaryl/α,β-unsaturated/α-hetero) is 1. The first-order valence-electron chi connectivity index (χ1n) is 8.78. The van der Waals surface area contributed by atoms with Gasteiger partial charge >= 0.3 is 0 Å². The van der Waals surface area contributed by atoms with E-state index in [0.717, 1.165) is 12.0 Å². The lowest BCUT2D eigenvalue weighted by Gasteiger charge is -2.23. The van der Waals surface area contributed by atoms with E-state index in [9.17, 15) is 13.2 Å². The third-order valence-electron chi connectivity index (χ3n) is 4.99. The van der Waals surface area contributed by atoms with Crippen LogP contribution >= 0.6 is 0 Å². The molecule has 0 aromatic heterocycles. The fourth-order valence-electron chi connectivity index (χ4n) is 3.47. The van der Waals surface area contributed by atoms with Crippen LogP contribution in [0.2, 0.25) is 0 Å². The summed E-state index contributed by atoms with van der Waals surface area (Å²) < 4.78 is 25.8. The van der Waals surface area contributed by atoms with Crippen LogP contribution in [0, 0.1) is 12.8 Å². The molecule has 0 heterocycles. The fourth-order valence-corrected chi connectivity index (χ4v) is 5.28. The maximum atomic E-state index is 12.9. The van der Waals surface area contributed by atoms with Crippen molar-refractivity contribution < 1.29 is 13.2 Å². The average molecular weight is 336 g/mol. The van der Waals surface area contributed by atoms with Crippen molar-refractivity contribution in [1.29, 1.82) is 0 Å². The van der Waals surface area contributed by atoms with Crippen molar-refractivity contribution in [2.75, 3.05) is 0 Å². The molecule has 0 aliphatic heterocycles. The van der Waals surface area contributed by atoms with E-state index in [2.05, 4.69) is 0 Å². The maximum absolute atomic E-state index is 12.9. The Morgan fingerprint density at radius 1 is 1.13 bits per heavy atom. The monoisotopic (exact) mass is 336 g/mol. The van der Waals surface area contributed by atoms with Crippen LogP contribution in [0.5, 0.6) is 0 Å². The van der Waals surface area contributed by atoms with Crippen LogP contribution in [-0.4, -0.2) is 19.5 Å². The van der Waals surface area contributed by atoms with Crippen LogP contribution in [0.3, 0.4) is 0 Å². The molecule has 1 unspecified atom stereocenters. The molecule has 0 spiro atoms. The van der Waals surface area contributed by atoms with Crippen LogP contribution in [0.25, 0.3) is 0 Å². The van der Waals surface area contributed by atoms with E-state index in [-0.39, 0.29) is 17.1 Å². The van der Waals surface area contributed by atoms with Crippen molar-refractivity contribution in [3.8, 4) is 0 Å². The molecular weight excluding hydrogens is 308 g/mol. The molecule has 3 nitrogen and oxygen atoms in total. The number of rotatable bonds is 7. The topological polar surface area (TPSA) is 51.2 Å². The molecule has 4 heteroatoms. The minimum Gasteiger partial charge on any atom is -0.298 e. The van der Waals surface area contributed by atoms with Gasteiger partial charge in [0.1, 0.15) is 5.25 Å². The van der Waals surface area contributed by atoms with Crippen LogP contribution in [-0.2, 0) is 14.6 Å². The molecule has 0 bridgehead atoms. The highest BCUT2D eigenvalue weighted by Gasteiger charge is 2.33. The van der Waals surface area contributed by atoms with E-state index in [1.807, 2.05) is 6.92 Å². The molecule has 1 aromatic carbocycles. The van der Waals surface area contributed by atoms with Gasteiger partial charge in [0.25, 0.3) is 0 Å². The average Bonchev–Trinajstić information content (AvgIpc) is 2.56. The Hall–Kier alpha value is -1.16. The maximum Gasteiger partial charge on any atom is 0.188 e. The minimum absolute atomic E-state index is 0.151. The summed E-state index contributed by atoms with van der Waals surface area (Å²) in [4.78, 5) is 12.6. The van der Waals surface area contributed by atoms with Gasteiger partial charge in [-0.25, -0.2) is 8.42 Å². The summed E-state index contributed by atoms with van der Waals surface area (Å²) in [7, 11) is -3.58. The first-order valence-corrected chi connectivity index (χ1v) is 10.3. The Morgan fingerprint density at radius 3 is 2.30 bits per heavy atom. The van der Waals surface area contributed by atoms with E-state index in [1.165, 1.54) is 32.1 Å². The molecule has 1 atom stereocenters. The zero-order valence-electron chi connectivity index (χ0n) is 14.3. The molecule has 0 amide bonds. The Balaban J connectivity index is 2.16. The second-order valence-corrected chi connectivity index (χ2v) is 8.88. The highest BCUT2D eigenvalue weighted by molar-refractivity contribution is 7.92. The standard InChI is InChI=1S/C19H28O3S/c1-3-18(20)19(14-11-16-7-5-4-6-8-16)23(21,22)17-12-9-15(2)10-13-17/h9-10,12-13,16,19H,3-8,11,14H2,1-2H3. The van der Waals surface area contributed by atoms with Gasteiger partial charge in [-0.15, -0.1) is 0 Å². The van der Waals surface area contributed by atoms with Crippen molar-refractivity contribution in [1.82, 2.24) is 0 Å². The number of benzene rings is 1. The summed E-state index contributed by atoms with van der Waals surface area (Å²) in [5, 5.41) is -0.878. The molecule has 2 rings (SSSR count). The van der Waals surface area contributed by atoms with Crippen LogP contribution in [0.1, 0.15) is 63.9 Å². The molecule has 1 saturated carbocycles. The van der Waals surface area contributed by atoms with E-state index < -0.39 is 15.1 Å². The quantitative estimate of drug-likeness (QED) is 0.738. The van der Waals surface area contributed by atoms with Gasteiger partial charge in [0.15, 0.2) is 15.6 Å². The van der Waals surface area contributed by atoms with Gasteiger partial charge in [-0.05, 0) is 37.8 Å². The van der Waals surface area contributed by atoms with E-state index >= 15 is 0 Å². The second-order valence-electron chi connectivity index (χ2n) is 6.75. The highest BCUT2D eigenvalue weighted by Crippen LogP contribution is 2.30. The van der Waals surface area contributed by atoms with E-state index in [1.54, 1.807) is 31.2 Å². The summed E-state index contributed by atoms with van der Waals surface area (Å²) in [5.41, 5.74) is 1.02. The summed E-state index contributed by atoms with van der Waals surface area (Å²) >= 11 is 0. The molecule has 1 aliphatic carbocycles. The summed E-state index contributed by atoms with van der Waals surface area (Å²) in [6.45, 7) is 3.68. The van der Waals surface area contributed by atoms with Gasteiger partial charge < -0.3 is 0 Å². The summed E-state index contributed by atoms with van der Waals surface area (Å²) in [6.07, 6.45) is 7.71. The highest BCUT2D eigenvalue weighted by atomic mass is 32.2. The van der Waals surface area contributed by atoms with Crippen molar-refractivity contribution in [3.63, 3.8) is 0 Å². The molecule has 23 heavy (non-hydrogen) atoms. The predicted octanol–water partition coefficient (Wildman–Crippen LogP) is 4.48. The Labute approximate surface area is 140 Å². The van der Waals surface area contributed by atoms with Crippen LogP contribution in [0.15, 0.2) is 29.2 Å². The third-order valence-corrected chi connectivity index (χ3v) is 7.17. The number of ketones is 1. The van der Waals surface area contributed by atoms with Gasteiger partial charge in [0.05, 0.1) is 4.90 Å². The number of carbonyl (C=O) groups is 1. The summed E-state index contributed by atoms with van der Waals surface area (Å²) in [5.74, 6) is 0.436. The first kappa shape index (κ1) is 18.2. The van der Waals surface area contributed by atoms with E-state index in [0.29, 0.717) is 12.3 Å². The van der Waals surface area contributed by atoms with Gasteiger partial charge in [0.2, 0.25) is 0 Å². The molecule has 0 N–H and O–H groups in total. The van der Waals surface area contributed by atoms with Crippen LogP contribution in [0.4, 0.5) is 0 Å². The van der Waals surface area contributed by atoms with E-state index in [4.69, 9.17) is 0 Å². The lowest BCUT2D eigenvalue weighted by Crippen LogP contribution is -2.31. The lowest BCUT2D eigenvalue weighted by molar-refractivity contribution is -0.118. The van der Waals surface area contributed by atoms with Gasteiger partial charge in [-0.2, -0.15) is 0 Å². The third kappa shape index (κ3) is 4.66. The Morgan fingerprint density at radius 2 is 1.74 bits per heavy atom. The number of sulfone groups is 1. The molecule has 128 valence electrons. The largest absolute Gasteiger partial charge is 0.298 e. The van der Waals surface area contributed by atoms with Crippen molar-refractivity contribution in [2.24, 2.45) is 5.92 Å². The second kappa shape index (κ2) is 8.09.